The highest BCUT2D eigenvalue weighted by molar-refractivity contribution is 5.69. The first kappa shape index (κ1) is 16.7. The van der Waals surface area contributed by atoms with Crippen molar-refractivity contribution >= 4 is 5.97 Å². The van der Waals surface area contributed by atoms with E-state index in [1.165, 1.54) is 5.56 Å². The summed E-state index contributed by atoms with van der Waals surface area (Å²) in [5.74, 6) is 0.229. The minimum Gasteiger partial charge on any atom is -0.480 e. The second-order valence-corrected chi connectivity index (χ2v) is 6.15. The van der Waals surface area contributed by atoms with Gasteiger partial charge in [0.1, 0.15) is 0 Å². The molecule has 0 aliphatic carbocycles. The number of hydrogen-bond donors (Lipinski definition) is 1. The molecule has 1 aromatic rings. The molecule has 0 aromatic heterocycles. The molecular weight excluding hydrogens is 250 g/mol. The van der Waals surface area contributed by atoms with Gasteiger partial charge in [-0.1, -0.05) is 44.2 Å². The first-order valence-corrected chi connectivity index (χ1v) is 7.41. The first-order valence-electron chi connectivity index (χ1n) is 7.41. The van der Waals surface area contributed by atoms with Gasteiger partial charge in [0.2, 0.25) is 0 Å². The molecule has 0 spiro atoms. The number of nitrogens with zero attached hydrogens (tertiary/aromatic N) is 1. The maximum absolute atomic E-state index is 11.0. The third-order valence-corrected chi connectivity index (χ3v) is 3.55. The molecule has 3 nitrogen and oxygen atoms in total. The van der Waals surface area contributed by atoms with Crippen LogP contribution in [0.2, 0.25) is 0 Å². The summed E-state index contributed by atoms with van der Waals surface area (Å²) in [7, 11) is 0. The van der Waals surface area contributed by atoms with Crippen LogP contribution in [0.15, 0.2) is 30.3 Å². The SMILES string of the molecule is CC(C)CC(CN(CC(=O)O)C(C)C)c1ccccc1. The van der Waals surface area contributed by atoms with E-state index in [-0.39, 0.29) is 12.6 Å². The predicted molar refractivity (Wildman–Crippen MR) is 83.0 cm³/mol. The van der Waals surface area contributed by atoms with Gasteiger partial charge >= 0.3 is 5.97 Å². The topological polar surface area (TPSA) is 40.5 Å². The van der Waals surface area contributed by atoms with E-state index in [0.717, 1.165) is 13.0 Å². The Kier molecular flexibility index (Phi) is 6.73. The van der Waals surface area contributed by atoms with Crippen molar-refractivity contribution in [3.63, 3.8) is 0 Å². The lowest BCUT2D eigenvalue weighted by Crippen LogP contribution is -2.38. The van der Waals surface area contributed by atoms with Crippen LogP contribution in [0.25, 0.3) is 0 Å². The molecule has 0 fully saturated rings. The third kappa shape index (κ3) is 5.74. The Labute approximate surface area is 122 Å². The van der Waals surface area contributed by atoms with E-state index >= 15 is 0 Å². The molecule has 112 valence electrons. The van der Waals surface area contributed by atoms with Gasteiger partial charge in [0.05, 0.1) is 6.54 Å². The van der Waals surface area contributed by atoms with Crippen LogP contribution >= 0.6 is 0 Å². The molecule has 1 unspecified atom stereocenters. The highest BCUT2D eigenvalue weighted by Crippen LogP contribution is 2.25. The molecule has 0 aliphatic heterocycles. The van der Waals surface area contributed by atoms with Gasteiger partial charge in [-0.05, 0) is 37.7 Å². The van der Waals surface area contributed by atoms with Crippen LogP contribution in [0.4, 0.5) is 0 Å². The van der Waals surface area contributed by atoms with Crippen LogP contribution in [0, 0.1) is 5.92 Å². The number of hydrogen-bond acceptors (Lipinski definition) is 2. The molecule has 0 bridgehead atoms. The molecule has 0 aliphatic rings. The summed E-state index contributed by atoms with van der Waals surface area (Å²) in [4.78, 5) is 13.1. The highest BCUT2D eigenvalue weighted by Gasteiger charge is 2.21. The molecule has 1 aromatic carbocycles. The zero-order valence-electron chi connectivity index (χ0n) is 13.0. The Morgan fingerprint density at radius 3 is 2.20 bits per heavy atom. The van der Waals surface area contributed by atoms with E-state index in [4.69, 9.17) is 5.11 Å². The van der Waals surface area contributed by atoms with Gasteiger partial charge < -0.3 is 5.11 Å². The van der Waals surface area contributed by atoms with Crippen LogP contribution in [0.3, 0.4) is 0 Å². The van der Waals surface area contributed by atoms with E-state index in [1.54, 1.807) is 0 Å². The molecule has 0 heterocycles. The van der Waals surface area contributed by atoms with E-state index in [9.17, 15) is 4.79 Å². The maximum atomic E-state index is 11.0. The van der Waals surface area contributed by atoms with Gasteiger partial charge in [0.25, 0.3) is 0 Å². The molecule has 1 atom stereocenters. The lowest BCUT2D eigenvalue weighted by atomic mass is 9.89. The minimum atomic E-state index is -0.755. The maximum Gasteiger partial charge on any atom is 0.317 e. The fraction of sp³-hybridized carbons (Fsp3) is 0.588. The predicted octanol–water partition coefficient (Wildman–Crippen LogP) is 3.61. The quantitative estimate of drug-likeness (QED) is 0.789. The van der Waals surface area contributed by atoms with Crippen LogP contribution in [0.1, 0.15) is 45.6 Å². The molecule has 1 rings (SSSR count). The standard InChI is InChI=1S/C17H27NO2/c1-13(2)10-16(15-8-6-5-7-9-15)11-18(14(3)4)12-17(19)20/h5-9,13-14,16H,10-12H2,1-4H3,(H,19,20). The highest BCUT2D eigenvalue weighted by atomic mass is 16.4. The van der Waals surface area contributed by atoms with Crippen molar-refractivity contribution in [3.05, 3.63) is 35.9 Å². The van der Waals surface area contributed by atoms with Crippen molar-refractivity contribution < 1.29 is 9.90 Å². The Hall–Kier alpha value is -1.35. The second-order valence-electron chi connectivity index (χ2n) is 6.15. The summed E-state index contributed by atoms with van der Waals surface area (Å²) in [6.45, 7) is 9.45. The Morgan fingerprint density at radius 1 is 1.15 bits per heavy atom. The number of carboxylic acids is 1. The summed E-state index contributed by atoms with van der Waals surface area (Å²) in [6, 6.07) is 10.7. The molecule has 1 N–H and O–H groups in total. The van der Waals surface area contributed by atoms with Crippen molar-refractivity contribution in [2.75, 3.05) is 13.1 Å². The zero-order chi connectivity index (χ0) is 15.1. The second kappa shape index (κ2) is 8.05. The van der Waals surface area contributed by atoms with Gasteiger partial charge in [-0.15, -0.1) is 0 Å². The Morgan fingerprint density at radius 2 is 1.75 bits per heavy atom. The molecule has 0 saturated carbocycles. The lowest BCUT2D eigenvalue weighted by molar-refractivity contribution is -0.138. The molecule has 20 heavy (non-hydrogen) atoms. The zero-order valence-corrected chi connectivity index (χ0v) is 13.0. The van der Waals surface area contributed by atoms with Gasteiger partial charge in [0.15, 0.2) is 0 Å². The molecule has 0 amide bonds. The Bertz CT molecular complexity index is 401. The van der Waals surface area contributed by atoms with Gasteiger partial charge in [-0.25, -0.2) is 0 Å². The largest absolute Gasteiger partial charge is 0.480 e. The summed E-state index contributed by atoms with van der Waals surface area (Å²) in [5.41, 5.74) is 1.30. The van der Waals surface area contributed by atoms with Crippen molar-refractivity contribution in [1.82, 2.24) is 4.90 Å². The molecular formula is C17H27NO2. The van der Waals surface area contributed by atoms with E-state index < -0.39 is 5.97 Å². The van der Waals surface area contributed by atoms with E-state index in [0.29, 0.717) is 11.8 Å². The van der Waals surface area contributed by atoms with Gasteiger partial charge in [-0.2, -0.15) is 0 Å². The van der Waals surface area contributed by atoms with Crippen molar-refractivity contribution in [1.29, 1.82) is 0 Å². The molecule has 3 heteroatoms. The minimum absolute atomic E-state index is 0.110. The summed E-state index contributed by atoms with van der Waals surface area (Å²) in [5, 5.41) is 9.06. The smallest absolute Gasteiger partial charge is 0.317 e. The normalized spacial score (nSPS) is 13.2. The summed E-state index contributed by atoms with van der Waals surface area (Å²) >= 11 is 0. The van der Waals surface area contributed by atoms with Crippen LogP contribution < -0.4 is 0 Å². The lowest BCUT2D eigenvalue weighted by Gasteiger charge is -2.30. The van der Waals surface area contributed by atoms with E-state index in [2.05, 4.69) is 52.0 Å². The van der Waals surface area contributed by atoms with Crippen LogP contribution in [0.5, 0.6) is 0 Å². The monoisotopic (exact) mass is 277 g/mol. The van der Waals surface area contributed by atoms with Gasteiger partial charge in [0, 0.05) is 12.6 Å². The Balaban J connectivity index is 2.85. The van der Waals surface area contributed by atoms with Crippen molar-refractivity contribution in [2.24, 2.45) is 5.92 Å². The van der Waals surface area contributed by atoms with Gasteiger partial charge in [-0.3, -0.25) is 9.69 Å². The van der Waals surface area contributed by atoms with Crippen LogP contribution in [-0.4, -0.2) is 35.1 Å². The first-order chi connectivity index (χ1) is 9.40. The third-order valence-electron chi connectivity index (χ3n) is 3.55. The number of carbonyl (C=O) groups is 1. The average Bonchev–Trinajstić information content (AvgIpc) is 2.37. The molecule has 0 radical (unpaired) electrons. The average molecular weight is 277 g/mol. The van der Waals surface area contributed by atoms with E-state index in [1.807, 2.05) is 11.0 Å². The van der Waals surface area contributed by atoms with Crippen molar-refractivity contribution in [2.45, 2.75) is 46.1 Å². The van der Waals surface area contributed by atoms with Crippen molar-refractivity contribution in [3.8, 4) is 0 Å². The van der Waals surface area contributed by atoms with Crippen LogP contribution in [-0.2, 0) is 4.79 Å². The number of aliphatic carboxylic acids is 1. The summed E-state index contributed by atoms with van der Waals surface area (Å²) in [6.07, 6.45) is 1.08. The number of rotatable bonds is 8. The fourth-order valence-electron chi connectivity index (χ4n) is 2.53. The number of carboxylic acid groups (broad SMARTS) is 1. The fourth-order valence-corrected chi connectivity index (χ4v) is 2.53. The molecule has 0 saturated heterocycles. The summed E-state index contributed by atoms with van der Waals surface area (Å²) < 4.78 is 0. The number of benzene rings is 1.